The van der Waals surface area contributed by atoms with Gasteiger partial charge in [0, 0.05) is 12.2 Å². The third kappa shape index (κ3) is 4.51. The van der Waals surface area contributed by atoms with Crippen molar-refractivity contribution in [1.29, 1.82) is 0 Å². The lowest BCUT2D eigenvalue weighted by Gasteiger charge is -2.06. The Morgan fingerprint density at radius 3 is 2.47 bits per heavy atom. The summed E-state index contributed by atoms with van der Waals surface area (Å²) < 4.78 is 24.7. The second-order valence-corrected chi connectivity index (χ2v) is 5.02. The lowest BCUT2D eigenvalue weighted by molar-refractivity contribution is 0.582. The van der Waals surface area contributed by atoms with E-state index in [0.717, 1.165) is 5.56 Å². The molecule has 6 heteroatoms. The zero-order chi connectivity index (χ0) is 10.6. The molecule has 0 unspecified atom stereocenters. The van der Waals surface area contributed by atoms with Crippen LogP contribution in [0.1, 0.15) is 12.5 Å². The molecule has 1 rings (SSSR count). The summed E-state index contributed by atoms with van der Waals surface area (Å²) in [4.78, 5) is 0. The Hall–Kier alpha value is -0.780. The lowest BCUT2D eigenvalue weighted by Crippen LogP contribution is -2.25. The summed E-state index contributed by atoms with van der Waals surface area (Å²) in [5, 5.41) is 0. The van der Waals surface area contributed by atoms with E-state index in [1.54, 1.807) is 19.1 Å². The minimum absolute atomic E-state index is 0. The fourth-order valence-electron chi connectivity index (χ4n) is 0.985. The molecule has 0 amide bonds. The molecular formula is C9H15ClN2O2S. The summed E-state index contributed by atoms with van der Waals surface area (Å²) >= 11 is 0. The number of benzene rings is 1. The first-order valence-electron chi connectivity index (χ1n) is 4.36. The summed E-state index contributed by atoms with van der Waals surface area (Å²) in [7, 11) is -3.14. The van der Waals surface area contributed by atoms with Crippen LogP contribution < -0.4 is 10.5 Å². The molecule has 0 aliphatic carbocycles. The third-order valence-electron chi connectivity index (χ3n) is 1.92. The van der Waals surface area contributed by atoms with Crippen LogP contribution >= 0.6 is 12.4 Å². The fourth-order valence-corrected chi connectivity index (χ4v) is 1.56. The number of sulfonamides is 1. The molecule has 0 aliphatic rings. The molecule has 0 saturated carbocycles. The van der Waals surface area contributed by atoms with Gasteiger partial charge in [0.15, 0.2) is 0 Å². The Kier molecular flexibility index (Phi) is 5.64. The number of rotatable bonds is 4. The van der Waals surface area contributed by atoms with Crippen LogP contribution in [0.4, 0.5) is 5.69 Å². The molecule has 0 atom stereocenters. The van der Waals surface area contributed by atoms with Gasteiger partial charge in [0.2, 0.25) is 10.0 Å². The number of nitrogens with two attached hydrogens (primary N) is 1. The van der Waals surface area contributed by atoms with Gasteiger partial charge in [-0.05, 0) is 18.6 Å². The van der Waals surface area contributed by atoms with Crippen molar-refractivity contribution in [1.82, 2.24) is 4.72 Å². The van der Waals surface area contributed by atoms with E-state index < -0.39 is 10.0 Å². The van der Waals surface area contributed by atoms with Crippen molar-refractivity contribution in [3.63, 3.8) is 0 Å². The molecule has 0 saturated heterocycles. The van der Waals surface area contributed by atoms with E-state index in [1.807, 2.05) is 12.1 Å². The number of anilines is 1. The monoisotopic (exact) mass is 250 g/mol. The standard InChI is InChI=1S/C9H14N2O2S.ClH/c1-2-14(12,13)11-7-8-5-3-4-6-9(8)10;/h3-6,11H,2,7,10H2,1H3;1H. The van der Waals surface area contributed by atoms with Crippen molar-refractivity contribution >= 4 is 28.1 Å². The Morgan fingerprint density at radius 2 is 1.93 bits per heavy atom. The van der Waals surface area contributed by atoms with Gasteiger partial charge >= 0.3 is 0 Å². The van der Waals surface area contributed by atoms with Gasteiger partial charge in [0.1, 0.15) is 0 Å². The lowest BCUT2D eigenvalue weighted by atomic mass is 10.2. The van der Waals surface area contributed by atoms with E-state index in [1.165, 1.54) is 0 Å². The Bertz CT molecular complexity index is 406. The number of nitrogen functional groups attached to an aromatic ring is 1. The molecule has 15 heavy (non-hydrogen) atoms. The zero-order valence-electron chi connectivity index (χ0n) is 8.43. The molecule has 1 aromatic rings. The molecule has 86 valence electrons. The summed E-state index contributed by atoms with van der Waals surface area (Å²) in [6, 6.07) is 7.18. The van der Waals surface area contributed by atoms with Crippen molar-refractivity contribution in [3.8, 4) is 0 Å². The maximum atomic E-state index is 11.1. The van der Waals surface area contributed by atoms with E-state index in [0.29, 0.717) is 5.69 Å². The quantitative estimate of drug-likeness (QED) is 0.787. The summed E-state index contributed by atoms with van der Waals surface area (Å²) in [6.07, 6.45) is 0. The van der Waals surface area contributed by atoms with Gasteiger partial charge in [-0.3, -0.25) is 0 Å². The van der Waals surface area contributed by atoms with Gasteiger partial charge in [-0.2, -0.15) is 0 Å². The molecule has 0 aliphatic heterocycles. The smallest absolute Gasteiger partial charge is 0.211 e. The summed E-state index contributed by atoms with van der Waals surface area (Å²) in [5.74, 6) is 0.0831. The van der Waals surface area contributed by atoms with Crippen LogP contribution in [0.25, 0.3) is 0 Å². The van der Waals surface area contributed by atoms with Crippen molar-refractivity contribution in [2.24, 2.45) is 0 Å². The Labute approximate surface area is 96.3 Å². The average molecular weight is 251 g/mol. The summed E-state index contributed by atoms with van der Waals surface area (Å²) in [5.41, 5.74) is 7.06. The number of para-hydroxylation sites is 1. The second kappa shape index (κ2) is 5.95. The molecule has 0 aromatic heterocycles. The van der Waals surface area contributed by atoms with Crippen LogP contribution in [0.15, 0.2) is 24.3 Å². The molecule has 3 N–H and O–H groups in total. The molecule has 1 aromatic carbocycles. The highest BCUT2D eigenvalue weighted by atomic mass is 35.5. The SMILES string of the molecule is CCS(=O)(=O)NCc1ccccc1N.Cl. The highest BCUT2D eigenvalue weighted by Gasteiger charge is 2.06. The molecule has 0 bridgehead atoms. The highest BCUT2D eigenvalue weighted by molar-refractivity contribution is 7.89. The van der Waals surface area contributed by atoms with Crippen LogP contribution in [0, 0.1) is 0 Å². The van der Waals surface area contributed by atoms with Crippen LogP contribution in [-0.4, -0.2) is 14.2 Å². The van der Waals surface area contributed by atoms with E-state index in [2.05, 4.69) is 4.72 Å². The topological polar surface area (TPSA) is 72.2 Å². The van der Waals surface area contributed by atoms with E-state index in [-0.39, 0.29) is 24.7 Å². The van der Waals surface area contributed by atoms with Gasteiger partial charge < -0.3 is 5.73 Å². The number of halogens is 1. The van der Waals surface area contributed by atoms with Crippen molar-refractivity contribution < 1.29 is 8.42 Å². The second-order valence-electron chi connectivity index (χ2n) is 2.92. The predicted molar refractivity (Wildman–Crippen MR) is 64.4 cm³/mol. The number of nitrogens with one attached hydrogen (secondary N) is 1. The molecular weight excluding hydrogens is 236 g/mol. The predicted octanol–water partition coefficient (Wildman–Crippen LogP) is 1.13. The van der Waals surface area contributed by atoms with Gasteiger partial charge in [-0.25, -0.2) is 13.1 Å². The maximum Gasteiger partial charge on any atom is 0.211 e. The van der Waals surface area contributed by atoms with Gasteiger partial charge in [-0.15, -0.1) is 12.4 Å². The van der Waals surface area contributed by atoms with Gasteiger partial charge in [-0.1, -0.05) is 18.2 Å². The number of hydrogen-bond acceptors (Lipinski definition) is 3. The molecule has 0 heterocycles. The third-order valence-corrected chi connectivity index (χ3v) is 3.26. The average Bonchev–Trinajstić information content (AvgIpc) is 2.17. The van der Waals surface area contributed by atoms with Gasteiger partial charge in [0.25, 0.3) is 0 Å². The Morgan fingerprint density at radius 1 is 1.33 bits per heavy atom. The van der Waals surface area contributed by atoms with Crippen LogP contribution in [0.2, 0.25) is 0 Å². The molecule has 4 nitrogen and oxygen atoms in total. The highest BCUT2D eigenvalue weighted by Crippen LogP contribution is 2.09. The first kappa shape index (κ1) is 14.2. The van der Waals surface area contributed by atoms with Crippen LogP contribution in [0.5, 0.6) is 0 Å². The maximum absolute atomic E-state index is 11.1. The molecule has 0 radical (unpaired) electrons. The van der Waals surface area contributed by atoms with E-state index in [4.69, 9.17) is 5.73 Å². The first-order valence-corrected chi connectivity index (χ1v) is 6.01. The van der Waals surface area contributed by atoms with Gasteiger partial charge in [0.05, 0.1) is 5.75 Å². The normalized spacial score (nSPS) is 10.7. The van der Waals surface area contributed by atoms with Crippen molar-refractivity contribution in [3.05, 3.63) is 29.8 Å². The largest absolute Gasteiger partial charge is 0.398 e. The Balaban J connectivity index is 0.00000196. The van der Waals surface area contributed by atoms with Crippen LogP contribution in [-0.2, 0) is 16.6 Å². The fraction of sp³-hybridized carbons (Fsp3) is 0.333. The number of hydrogen-bond donors (Lipinski definition) is 2. The minimum atomic E-state index is -3.14. The minimum Gasteiger partial charge on any atom is -0.398 e. The zero-order valence-corrected chi connectivity index (χ0v) is 10.1. The summed E-state index contributed by atoms with van der Waals surface area (Å²) in [6.45, 7) is 1.85. The first-order chi connectivity index (χ1) is 6.55. The molecule has 0 spiro atoms. The molecule has 0 fully saturated rings. The van der Waals surface area contributed by atoms with Crippen molar-refractivity contribution in [2.75, 3.05) is 11.5 Å². The van der Waals surface area contributed by atoms with Crippen LogP contribution in [0.3, 0.4) is 0 Å². The van der Waals surface area contributed by atoms with E-state index in [9.17, 15) is 8.42 Å². The van der Waals surface area contributed by atoms with E-state index >= 15 is 0 Å². The van der Waals surface area contributed by atoms with Crippen molar-refractivity contribution in [2.45, 2.75) is 13.5 Å².